The predicted octanol–water partition coefficient (Wildman–Crippen LogP) is 3.63. The van der Waals surface area contributed by atoms with E-state index in [-0.39, 0.29) is 13.0 Å². The minimum Gasteiger partial charge on any atom is -0.481 e. The lowest BCUT2D eigenvalue weighted by atomic mass is 10.2. The number of nitrogens with one attached hydrogen (secondary N) is 1. The summed E-state index contributed by atoms with van der Waals surface area (Å²) in [5.41, 5.74) is 1.22. The maximum Gasteiger partial charge on any atom is 0.321 e. The van der Waals surface area contributed by atoms with Crippen LogP contribution in [-0.4, -0.2) is 35.1 Å². The number of aryl methyl sites for hydroxylation is 1. The van der Waals surface area contributed by atoms with E-state index >= 15 is 0 Å². The highest BCUT2D eigenvalue weighted by Gasteiger charge is 2.15. The smallest absolute Gasteiger partial charge is 0.321 e. The van der Waals surface area contributed by atoms with E-state index < -0.39 is 12.0 Å². The van der Waals surface area contributed by atoms with Gasteiger partial charge in [-0.05, 0) is 31.5 Å². The summed E-state index contributed by atoms with van der Waals surface area (Å²) in [6.07, 6.45) is -0.107. The molecule has 1 aromatic rings. The summed E-state index contributed by atoms with van der Waals surface area (Å²) in [6, 6.07) is 2.82. The normalized spacial score (nSPS) is 10.2. The molecule has 20 heavy (non-hydrogen) atoms. The molecule has 0 aromatic heterocycles. The van der Waals surface area contributed by atoms with E-state index in [0.717, 1.165) is 5.56 Å². The Labute approximate surface area is 127 Å². The molecule has 0 bridgehead atoms. The number of halogens is 2. The molecule has 0 aliphatic carbocycles. The summed E-state index contributed by atoms with van der Waals surface area (Å²) in [5.74, 6) is -0.951. The van der Waals surface area contributed by atoms with E-state index in [1.807, 2.05) is 6.92 Å². The molecule has 1 rings (SSSR count). The zero-order valence-electron chi connectivity index (χ0n) is 11.2. The van der Waals surface area contributed by atoms with Crippen molar-refractivity contribution in [3.8, 4) is 0 Å². The third-order valence-electron chi connectivity index (χ3n) is 2.75. The molecule has 0 aliphatic heterocycles. The first-order chi connectivity index (χ1) is 9.35. The highest BCUT2D eigenvalue weighted by Crippen LogP contribution is 2.28. The van der Waals surface area contributed by atoms with Crippen LogP contribution in [0.1, 0.15) is 18.9 Å². The molecule has 0 aliphatic rings. The van der Waals surface area contributed by atoms with Crippen LogP contribution in [0.2, 0.25) is 10.0 Å². The van der Waals surface area contributed by atoms with Gasteiger partial charge in [-0.2, -0.15) is 0 Å². The second-order valence-corrected chi connectivity index (χ2v) is 5.05. The monoisotopic (exact) mass is 318 g/mol. The van der Waals surface area contributed by atoms with E-state index in [1.165, 1.54) is 4.90 Å². The van der Waals surface area contributed by atoms with Gasteiger partial charge in [0, 0.05) is 18.1 Å². The fourth-order valence-corrected chi connectivity index (χ4v) is 2.00. The molecule has 110 valence electrons. The fourth-order valence-electron chi connectivity index (χ4n) is 1.57. The lowest BCUT2D eigenvalue weighted by Crippen LogP contribution is -2.36. The number of rotatable bonds is 5. The van der Waals surface area contributed by atoms with Crippen LogP contribution in [0.15, 0.2) is 12.1 Å². The fraction of sp³-hybridized carbons (Fsp3) is 0.385. The van der Waals surface area contributed by atoms with Crippen molar-refractivity contribution in [1.82, 2.24) is 4.90 Å². The summed E-state index contributed by atoms with van der Waals surface area (Å²) in [7, 11) is 0. The Balaban J connectivity index is 2.78. The Kier molecular flexibility index (Phi) is 6.10. The number of amides is 2. The molecule has 0 unspecified atom stereocenters. The lowest BCUT2D eigenvalue weighted by Gasteiger charge is -2.21. The number of nitrogens with zero attached hydrogens (tertiary/aromatic N) is 1. The van der Waals surface area contributed by atoms with Crippen molar-refractivity contribution >= 4 is 40.9 Å². The molecule has 0 atom stereocenters. The number of benzene rings is 1. The number of hydrogen-bond donors (Lipinski definition) is 2. The highest BCUT2D eigenvalue weighted by atomic mass is 35.5. The maximum absolute atomic E-state index is 12.0. The second kappa shape index (κ2) is 7.36. The summed E-state index contributed by atoms with van der Waals surface area (Å²) in [5, 5.41) is 12.2. The van der Waals surface area contributed by atoms with E-state index in [2.05, 4.69) is 5.32 Å². The predicted molar refractivity (Wildman–Crippen MR) is 79.7 cm³/mol. The third-order valence-corrected chi connectivity index (χ3v) is 3.47. The zero-order chi connectivity index (χ0) is 15.3. The van der Waals surface area contributed by atoms with Crippen molar-refractivity contribution in [3.63, 3.8) is 0 Å². The topological polar surface area (TPSA) is 69.6 Å². The van der Waals surface area contributed by atoms with Crippen LogP contribution in [0, 0.1) is 6.92 Å². The van der Waals surface area contributed by atoms with Crippen molar-refractivity contribution in [1.29, 1.82) is 0 Å². The summed E-state index contributed by atoms with van der Waals surface area (Å²) >= 11 is 12.0. The molecule has 0 fully saturated rings. The Bertz CT molecular complexity index is 521. The van der Waals surface area contributed by atoms with Crippen LogP contribution in [0.5, 0.6) is 0 Å². The van der Waals surface area contributed by atoms with Crippen molar-refractivity contribution < 1.29 is 14.7 Å². The summed E-state index contributed by atoms with van der Waals surface area (Å²) in [6.45, 7) is 4.11. The average Bonchev–Trinajstić information content (AvgIpc) is 2.36. The third kappa shape index (κ3) is 4.58. The molecule has 2 N–H and O–H groups in total. The van der Waals surface area contributed by atoms with Gasteiger partial charge >= 0.3 is 12.0 Å². The van der Waals surface area contributed by atoms with Gasteiger partial charge in [0.25, 0.3) is 0 Å². The zero-order valence-corrected chi connectivity index (χ0v) is 12.8. The Hall–Kier alpha value is -1.46. The van der Waals surface area contributed by atoms with Crippen LogP contribution >= 0.6 is 23.2 Å². The number of carboxylic acid groups (broad SMARTS) is 1. The number of urea groups is 1. The Morgan fingerprint density at radius 2 is 1.95 bits per heavy atom. The molecular formula is C13H16Cl2N2O3. The molecule has 1 aromatic carbocycles. The van der Waals surface area contributed by atoms with Gasteiger partial charge in [-0.25, -0.2) is 4.79 Å². The molecule has 0 saturated heterocycles. The van der Waals surface area contributed by atoms with Crippen molar-refractivity contribution in [2.45, 2.75) is 20.3 Å². The number of anilines is 1. The van der Waals surface area contributed by atoms with Gasteiger partial charge in [-0.15, -0.1) is 0 Å². The summed E-state index contributed by atoms with van der Waals surface area (Å²) < 4.78 is 0. The number of carbonyl (C=O) groups is 2. The first-order valence-corrected chi connectivity index (χ1v) is 6.84. The van der Waals surface area contributed by atoms with Gasteiger partial charge in [0.1, 0.15) is 0 Å². The molecule has 0 heterocycles. The standard InChI is InChI=1S/C13H16Cl2N2O3/c1-3-17(5-4-12(18)19)13(20)16-11-7-9(14)8(2)6-10(11)15/h6-7H,3-5H2,1-2H3,(H,16,20)(H,18,19). The molecule has 7 heteroatoms. The number of hydrogen-bond acceptors (Lipinski definition) is 2. The van der Waals surface area contributed by atoms with Crippen LogP contribution in [0.3, 0.4) is 0 Å². The number of carboxylic acids is 1. The van der Waals surface area contributed by atoms with Crippen molar-refractivity contribution in [2.24, 2.45) is 0 Å². The van der Waals surface area contributed by atoms with Gasteiger partial charge in [0.2, 0.25) is 0 Å². The number of aliphatic carboxylic acids is 1. The molecular weight excluding hydrogens is 303 g/mol. The van der Waals surface area contributed by atoms with Gasteiger partial charge in [0.05, 0.1) is 17.1 Å². The van der Waals surface area contributed by atoms with Crippen LogP contribution in [0.4, 0.5) is 10.5 Å². The first-order valence-electron chi connectivity index (χ1n) is 6.08. The van der Waals surface area contributed by atoms with Crippen LogP contribution < -0.4 is 5.32 Å². The average molecular weight is 319 g/mol. The highest BCUT2D eigenvalue weighted by molar-refractivity contribution is 6.36. The Morgan fingerprint density at radius 3 is 2.50 bits per heavy atom. The molecule has 0 spiro atoms. The molecule has 0 radical (unpaired) electrons. The Morgan fingerprint density at radius 1 is 1.30 bits per heavy atom. The molecule has 5 nitrogen and oxygen atoms in total. The van der Waals surface area contributed by atoms with E-state index in [0.29, 0.717) is 22.3 Å². The van der Waals surface area contributed by atoms with Crippen LogP contribution in [-0.2, 0) is 4.79 Å². The molecule has 2 amide bonds. The van der Waals surface area contributed by atoms with Crippen LogP contribution in [0.25, 0.3) is 0 Å². The lowest BCUT2D eigenvalue weighted by molar-refractivity contribution is -0.137. The summed E-state index contributed by atoms with van der Waals surface area (Å²) in [4.78, 5) is 24.0. The van der Waals surface area contributed by atoms with Gasteiger partial charge in [-0.3, -0.25) is 4.79 Å². The number of carbonyl (C=O) groups excluding carboxylic acids is 1. The SMILES string of the molecule is CCN(CCC(=O)O)C(=O)Nc1cc(Cl)c(C)cc1Cl. The van der Waals surface area contributed by atoms with Gasteiger partial charge < -0.3 is 15.3 Å². The molecule has 0 saturated carbocycles. The second-order valence-electron chi connectivity index (χ2n) is 4.23. The minimum absolute atomic E-state index is 0.107. The van der Waals surface area contributed by atoms with Gasteiger partial charge in [0.15, 0.2) is 0 Å². The van der Waals surface area contributed by atoms with Crippen molar-refractivity contribution in [2.75, 3.05) is 18.4 Å². The first kappa shape index (κ1) is 16.6. The quantitative estimate of drug-likeness (QED) is 0.870. The van der Waals surface area contributed by atoms with Gasteiger partial charge in [-0.1, -0.05) is 23.2 Å². The largest absolute Gasteiger partial charge is 0.481 e. The van der Waals surface area contributed by atoms with E-state index in [4.69, 9.17) is 28.3 Å². The minimum atomic E-state index is -0.951. The van der Waals surface area contributed by atoms with E-state index in [9.17, 15) is 9.59 Å². The van der Waals surface area contributed by atoms with Crippen molar-refractivity contribution in [3.05, 3.63) is 27.7 Å². The maximum atomic E-state index is 12.0. The van der Waals surface area contributed by atoms with E-state index in [1.54, 1.807) is 19.1 Å².